The number of halogens is 1. The lowest BCUT2D eigenvalue weighted by Crippen LogP contribution is -1.90. The Hall–Kier alpha value is -2.80. The summed E-state index contributed by atoms with van der Waals surface area (Å²) in [5, 5.41) is 10.0. The molecule has 0 radical (unpaired) electrons. The van der Waals surface area contributed by atoms with Crippen molar-refractivity contribution in [3.05, 3.63) is 53.3 Å². The maximum absolute atomic E-state index is 13.4. The van der Waals surface area contributed by atoms with Crippen molar-refractivity contribution in [1.82, 2.24) is 4.98 Å². The molecule has 0 bridgehead atoms. The average Bonchev–Trinajstić information content (AvgIpc) is 2.84. The van der Waals surface area contributed by atoms with Crippen molar-refractivity contribution in [2.24, 2.45) is 0 Å². The van der Waals surface area contributed by atoms with Crippen molar-refractivity contribution in [1.29, 1.82) is 5.26 Å². The number of hydrogen-bond acceptors (Lipinski definition) is 2. The fourth-order valence-corrected chi connectivity index (χ4v) is 2.50. The van der Waals surface area contributed by atoms with Gasteiger partial charge in [0.05, 0.1) is 18.4 Å². The number of aromatic nitrogens is 1. The van der Waals surface area contributed by atoms with Gasteiger partial charge in [0.1, 0.15) is 17.6 Å². The van der Waals surface area contributed by atoms with E-state index in [9.17, 15) is 9.65 Å². The zero-order valence-electron chi connectivity index (χ0n) is 11.7. The molecule has 0 fully saturated rings. The summed E-state index contributed by atoms with van der Waals surface area (Å²) >= 11 is 0. The summed E-state index contributed by atoms with van der Waals surface area (Å²) in [4.78, 5) is 3.19. The summed E-state index contributed by atoms with van der Waals surface area (Å²) in [6.07, 6.45) is 0. The molecule has 0 amide bonds. The highest BCUT2D eigenvalue weighted by atomic mass is 19.1. The molecule has 3 aromatic rings. The maximum Gasteiger partial charge on any atom is 0.128 e. The second-order valence-electron chi connectivity index (χ2n) is 4.88. The molecule has 2 aromatic carbocycles. The molecule has 104 valence electrons. The molecular weight excluding hydrogens is 267 g/mol. The van der Waals surface area contributed by atoms with Crippen LogP contribution in [0.15, 0.2) is 36.4 Å². The number of fused-ring (bicyclic) bond motifs is 1. The van der Waals surface area contributed by atoms with Crippen LogP contribution in [0, 0.1) is 24.1 Å². The van der Waals surface area contributed by atoms with E-state index >= 15 is 0 Å². The van der Waals surface area contributed by atoms with Crippen LogP contribution in [-0.2, 0) is 0 Å². The number of nitrogens with one attached hydrogen (secondary N) is 1. The molecule has 0 saturated heterocycles. The topological polar surface area (TPSA) is 48.8 Å². The van der Waals surface area contributed by atoms with E-state index in [4.69, 9.17) is 4.74 Å². The van der Waals surface area contributed by atoms with E-state index in [1.807, 2.05) is 25.1 Å². The van der Waals surface area contributed by atoms with Crippen LogP contribution in [0.4, 0.5) is 4.39 Å². The van der Waals surface area contributed by atoms with Gasteiger partial charge in [0.25, 0.3) is 0 Å². The summed E-state index contributed by atoms with van der Waals surface area (Å²) in [5.41, 5.74) is 3.66. The normalized spacial score (nSPS) is 10.6. The first-order valence-corrected chi connectivity index (χ1v) is 6.50. The molecule has 0 unspecified atom stereocenters. The van der Waals surface area contributed by atoms with Gasteiger partial charge in [-0.1, -0.05) is 11.6 Å². The van der Waals surface area contributed by atoms with Crippen LogP contribution < -0.4 is 4.74 Å². The van der Waals surface area contributed by atoms with Gasteiger partial charge >= 0.3 is 0 Å². The Morgan fingerprint density at radius 1 is 1.19 bits per heavy atom. The van der Waals surface area contributed by atoms with Gasteiger partial charge in [0.2, 0.25) is 0 Å². The molecule has 0 spiro atoms. The van der Waals surface area contributed by atoms with Crippen molar-refractivity contribution in [2.75, 3.05) is 7.11 Å². The number of aryl methyl sites for hydroxylation is 1. The number of methoxy groups -OCH3 is 1. The van der Waals surface area contributed by atoms with Gasteiger partial charge in [-0.25, -0.2) is 4.39 Å². The Morgan fingerprint density at radius 3 is 2.71 bits per heavy atom. The monoisotopic (exact) mass is 280 g/mol. The number of rotatable bonds is 2. The number of H-pyrrole nitrogens is 1. The quantitative estimate of drug-likeness (QED) is 0.766. The maximum atomic E-state index is 13.4. The Bertz CT molecular complexity index is 874. The molecule has 0 atom stereocenters. The summed E-state index contributed by atoms with van der Waals surface area (Å²) < 4.78 is 18.8. The zero-order chi connectivity index (χ0) is 15.0. The van der Waals surface area contributed by atoms with Crippen molar-refractivity contribution < 1.29 is 9.13 Å². The molecule has 4 heteroatoms. The lowest BCUT2D eigenvalue weighted by Gasteiger charge is -2.08. The van der Waals surface area contributed by atoms with Gasteiger partial charge in [-0.15, -0.1) is 0 Å². The van der Waals surface area contributed by atoms with Crippen LogP contribution in [0.5, 0.6) is 5.75 Å². The fraction of sp³-hybridized carbons (Fsp3) is 0.118. The van der Waals surface area contributed by atoms with Crippen molar-refractivity contribution in [3.63, 3.8) is 0 Å². The van der Waals surface area contributed by atoms with E-state index in [0.29, 0.717) is 22.4 Å². The van der Waals surface area contributed by atoms with Gasteiger partial charge in [0.15, 0.2) is 0 Å². The first kappa shape index (κ1) is 13.2. The molecule has 21 heavy (non-hydrogen) atoms. The van der Waals surface area contributed by atoms with Crippen molar-refractivity contribution in [2.45, 2.75) is 6.92 Å². The number of aromatic amines is 1. The van der Waals surface area contributed by atoms with Gasteiger partial charge in [0, 0.05) is 16.5 Å². The Morgan fingerprint density at radius 2 is 2.00 bits per heavy atom. The molecule has 0 aliphatic rings. The second-order valence-corrected chi connectivity index (χ2v) is 4.88. The van der Waals surface area contributed by atoms with Crippen LogP contribution >= 0.6 is 0 Å². The molecule has 1 heterocycles. The zero-order valence-corrected chi connectivity index (χ0v) is 11.7. The molecule has 3 rings (SSSR count). The summed E-state index contributed by atoms with van der Waals surface area (Å²) in [5.74, 6) is 0.310. The smallest absolute Gasteiger partial charge is 0.128 e. The minimum atomic E-state index is -0.360. The number of benzene rings is 2. The Balaban J connectivity index is 2.35. The van der Waals surface area contributed by atoms with E-state index in [1.165, 1.54) is 12.1 Å². The predicted octanol–water partition coefficient (Wildman–Crippen LogP) is 4.16. The van der Waals surface area contributed by atoms with Crippen LogP contribution in [0.3, 0.4) is 0 Å². The van der Waals surface area contributed by atoms with E-state index in [2.05, 4.69) is 11.1 Å². The molecule has 3 nitrogen and oxygen atoms in total. The first-order chi connectivity index (χ1) is 10.1. The van der Waals surface area contributed by atoms with Gasteiger partial charge in [-0.3, -0.25) is 0 Å². The third-order valence-corrected chi connectivity index (χ3v) is 3.50. The van der Waals surface area contributed by atoms with Crippen LogP contribution in [0.25, 0.3) is 22.2 Å². The lowest BCUT2D eigenvalue weighted by atomic mass is 10.0. The molecule has 1 aromatic heterocycles. The Labute approximate surface area is 121 Å². The standard InChI is InChI=1S/C17H13FN2O/c1-10-3-6-16(21-2)13(7-10)17-14(9-19)12-8-11(18)4-5-15(12)20-17/h3-8,20H,1-2H3. The first-order valence-electron chi connectivity index (χ1n) is 6.50. The molecule has 0 aliphatic heterocycles. The van der Waals surface area contributed by atoms with Gasteiger partial charge in [-0.2, -0.15) is 5.26 Å². The van der Waals surface area contributed by atoms with Crippen molar-refractivity contribution >= 4 is 10.9 Å². The minimum Gasteiger partial charge on any atom is -0.496 e. The minimum absolute atomic E-state index is 0.360. The summed E-state index contributed by atoms with van der Waals surface area (Å²) in [6, 6.07) is 12.3. The third kappa shape index (κ3) is 2.13. The van der Waals surface area contributed by atoms with Crippen LogP contribution in [0.1, 0.15) is 11.1 Å². The third-order valence-electron chi connectivity index (χ3n) is 3.50. The average molecular weight is 280 g/mol. The van der Waals surface area contributed by atoms with E-state index in [0.717, 1.165) is 16.6 Å². The molecular formula is C17H13FN2O. The highest BCUT2D eigenvalue weighted by Crippen LogP contribution is 2.36. The summed E-state index contributed by atoms with van der Waals surface area (Å²) in [6.45, 7) is 1.97. The molecule has 1 N–H and O–H groups in total. The van der Waals surface area contributed by atoms with E-state index in [1.54, 1.807) is 13.2 Å². The number of nitriles is 1. The lowest BCUT2D eigenvalue weighted by molar-refractivity contribution is 0.416. The number of hydrogen-bond donors (Lipinski definition) is 1. The molecule has 0 saturated carbocycles. The molecule has 0 aliphatic carbocycles. The van der Waals surface area contributed by atoms with Crippen LogP contribution in [0.2, 0.25) is 0 Å². The predicted molar refractivity (Wildman–Crippen MR) is 79.7 cm³/mol. The fourth-order valence-electron chi connectivity index (χ4n) is 2.50. The Kier molecular flexibility index (Phi) is 3.11. The number of ether oxygens (including phenoxy) is 1. The van der Waals surface area contributed by atoms with E-state index in [-0.39, 0.29) is 5.82 Å². The second kappa shape index (κ2) is 4.95. The van der Waals surface area contributed by atoms with E-state index < -0.39 is 0 Å². The SMILES string of the molecule is COc1ccc(C)cc1-c1[nH]c2ccc(F)cc2c1C#N. The van der Waals surface area contributed by atoms with Crippen LogP contribution in [-0.4, -0.2) is 12.1 Å². The summed E-state index contributed by atoms with van der Waals surface area (Å²) in [7, 11) is 1.59. The number of nitrogens with zero attached hydrogens (tertiary/aromatic N) is 1. The highest BCUT2D eigenvalue weighted by molar-refractivity contribution is 5.94. The van der Waals surface area contributed by atoms with Gasteiger partial charge in [-0.05, 0) is 37.3 Å². The highest BCUT2D eigenvalue weighted by Gasteiger charge is 2.16. The largest absolute Gasteiger partial charge is 0.496 e. The van der Waals surface area contributed by atoms with Gasteiger partial charge < -0.3 is 9.72 Å². The van der Waals surface area contributed by atoms with Crippen molar-refractivity contribution in [3.8, 4) is 23.1 Å².